The van der Waals surface area contributed by atoms with E-state index in [-0.39, 0.29) is 18.7 Å². The molecule has 0 radical (unpaired) electrons. The molecule has 0 saturated carbocycles. The maximum Gasteiger partial charge on any atom is 0.231 e. The van der Waals surface area contributed by atoms with E-state index in [1.165, 1.54) is 5.69 Å². The first-order chi connectivity index (χ1) is 14.6. The summed E-state index contributed by atoms with van der Waals surface area (Å²) in [5.41, 5.74) is 3.10. The van der Waals surface area contributed by atoms with Crippen molar-refractivity contribution < 1.29 is 14.3 Å². The van der Waals surface area contributed by atoms with Crippen LogP contribution >= 0.6 is 22.9 Å². The Balaban J connectivity index is 1.17. The number of hydrogen-bond acceptors (Lipinski definition) is 6. The second kappa shape index (κ2) is 8.09. The van der Waals surface area contributed by atoms with Crippen LogP contribution in [0, 0.1) is 6.92 Å². The first kappa shape index (κ1) is 19.7. The molecule has 0 aliphatic carbocycles. The van der Waals surface area contributed by atoms with Crippen LogP contribution in [-0.4, -0.2) is 39.6 Å². The zero-order valence-corrected chi connectivity index (χ0v) is 18.3. The van der Waals surface area contributed by atoms with Gasteiger partial charge in [0.2, 0.25) is 12.7 Å². The number of aromatic nitrogens is 2. The van der Waals surface area contributed by atoms with Gasteiger partial charge in [-0.3, -0.25) is 9.20 Å². The monoisotopic (exact) mass is 446 g/mol. The fourth-order valence-electron chi connectivity index (χ4n) is 4.09. The summed E-state index contributed by atoms with van der Waals surface area (Å²) < 4.78 is 12.9. The lowest BCUT2D eigenvalue weighted by atomic mass is 10.1. The Labute approximate surface area is 183 Å². The molecule has 1 N–H and O–H groups in total. The number of hydrogen-bond donors (Lipinski definition) is 1. The third-order valence-corrected chi connectivity index (χ3v) is 7.04. The van der Waals surface area contributed by atoms with E-state index in [4.69, 9.17) is 21.1 Å². The summed E-state index contributed by atoms with van der Waals surface area (Å²) >= 11 is 7.97. The van der Waals surface area contributed by atoms with Crippen LogP contribution in [0.1, 0.15) is 36.2 Å². The number of nitrogens with one attached hydrogen (secondary N) is 1. The number of likely N-dealkylation sites (tertiary alicyclic amines) is 1. The minimum atomic E-state index is 0.215. The van der Waals surface area contributed by atoms with Crippen LogP contribution in [-0.2, 0) is 17.9 Å². The summed E-state index contributed by atoms with van der Waals surface area (Å²) in [6, 6.07) is 3.96. The standard InChI is InChI=1S/C21H23ClN4O3S/c1-13-11-30-21-24-15(9-25(13)21)10-26-16(2-3-20(26)27)4-5-23-8-14-6-18-19(7-17(14)22)29-12-28-18/h6-7,9,11,16,23H,2-5,8,10,12H2,1H3/t16-/m1/s1. The number of halogens is 1. The van der Waals surface area contributed by atoms with Crippen molar-refractivity contribution in [1.82, 2.24) is 19.6 Å². The Morgan fingerprint density at radius 2 is 2.17 bits per heavy atom. The van der Waals surface area contributed by atoms with Crippen LogP contribution in [0.25, 0.3) is 4.96 Å². The van der Waals surface area contributed by atoms with Crippen molar-refractivity contribution in [2.75, 3.05) is 13.3 Å². The minimum Gasteiger partial charge on any atom is -0.454 e. The van der Waals surface area contributed by atoms with Gasteiger partial charge in [0.05, 0.1) is 12.2 Å². The largest absolute Gasteiger partial charge is 0.454 e. The molecule has 3 aromatic rings. The normalized spacial score (nSPS) is 18.1. The molecule has 0 spiro atoms. The Bertz CT molecular complexity index is 1100. The van der Waals surface area contributed by atoms with Crippen LogP contribution < -0.4 is 14.8 Å². The smallest absolute Gasteiger partial charge is 0.231 e. The first-order valence-corrected chi connectivity index (χ1v) is 11.3. The molecule has 1 saturated heterocycles. The summed E-state index contributed by atoms with van der Waals surface area (Å²) in [5, 5.41) is 6.21. The fourth-order valence-corrected chi connectivity index (χ4v) is 5.18. The van der Waals surface area contributed by atoms with Crippen molar-refractivity contribution in [2.24, 2.45) is 0 Å². The van der Waals surface area contributed by atoms with E-state index in [2.05, 4.69) is 27.0 Å². The van der Waals surface area contributed by atoms with Crippen LogP contribution in [0.5, 0.6) is 11.5 Å². The molecule has 9 heteroatoms. The summed E-state index contributed by atoms with van der Waals surface area (Å²) in [6.07, 6.45) is 4.45. The molecular weight excluding hydrogens is 424 g/mol. The zero-order chi connectivity index (χ0) is 20.7. The van der Waals surface area contributed by atoms with Gasteiger partial charge in [-0.05, 0) is 37.9 Å². The van der Waals surface area contributed by atoms with E-state index in [0.717, 1.165) is 41.4 Å². The van der Waals surface area contributed by atoms with Crippen LogP contribution in [0.15, 0.2) is 23.7 Å². The molecule has 4 heterocycles. The first-order valence-electron chi connectivity index (χ1n) is 10.1. The molecule has 1 amide bonds. The number of amides is 1. The van der Waals surface area contributed by atoms with E-state index < -0.39 is 0 Å². The average Bonchev–Trinajstić information content (AvgIpc) is 3.48. The molecule has 5 rings (SSSR count). The molecule has 7 nitrogen and oxygen atoms in total. The molecule has 2 aromatic heterocycles. The Hall–Kier alpha value is -2.29. The predicted molar refractivity (Wildman–Crippen MR) is 115 cm³/mol. The van der Waals surface area contributed by atoms with Crippen molar-refractivity contribution in [3.63, 3.8) is 0 Å². The van der Waals surface area contributed by atoms with Gasteiger partial charge in [0.1, 0.15) is 0 Å². The topological polar surface area (TPSA) is 68.1 Å². The van der Waals surface area contributed by atoms with Gasteiger partial charge in [-0.2, -0.15) is 0 Å². The molecule has 0 unspecified atom stereocenters. The Kier molecular flexibility index (Phi) is 5.30. The highest BCUT2D eigenvalue weighted by molar-refractivity contribution is 7.15. The number of ether oxygens (including phenoxy) is 2. The lowest BCUT2D eigenvalue weighted by Crippen LogP contribution is -2.34. The molecule has 2 aliphatic heterocycles. The third-order valence-electron chi connectivity index (χ3n) is 5.73. The molecule has 2 aliphatic rings. The van der Waals surface area contributed by atoms with E-state index in [1.807, 2.05) is 17.2 Å². The predicted octanol–water partition coefficient (Wildman–Crippen LogP) is 3.76. The van der Waals surface area contributed by atoms with Crippen molar-refractivity contribution in [1.29, 1.82) is 0 Å². The number of benzene rings is 1. The molecule has 158 valence electrons. The number of carbonyl (C=O) groups is 1. The minimum absolute atomic E-state index is 0.215. The van der Waals surface area contributed by atoms with Crippen molar-refractivity contribution in [3.8, 4) is 11.5 Å². The maximum atomic E-state index is 12.4. The van der Waals surface area contributed by atoms with Crippen LogP contribution in [0.3, 0.4) is 0 Å². The highest BCUT2D eigenvalue weighted by atomic mass is 35.5. The van der Waals surface area contributed by atoms with Gasteiger partial charge in [-0.1, -0.05) is 11.6 Å². The van der Waals surface area contributed by atoms with Crippen molar-refractivity contribution in [3.05, 3.63) is 45.7 Å². The lowest BCUT2D eigenvalue weighted by molar-refractivity contribution is -0.129. The molecular formula is C21H23ClN4O3S. The van der Waals surface area contributed by atoms with Crippen molar-refractivity contribution in [2.45, 2.75) is 45.3 Å². The summed E-state index contributed by atoms with van der Waals surface area (Å²) in [6.45, 7) is 4.33. The number of aryl methyl sites for hydroxylation is 1. The SMILES string of the molecule is Cc1csc2nc(CN3C(=O)CC[C@@H]3CCNCc3cc4c(cc3Cl)OCO4)cn12. The number of thiazole rings is 1. The van der Waals surface area contributed by atoms with Gasteiger partial charge in [0.15, 0.2) is 16.5 Å². The molecule has 1 aromatic carbocycles. The summed E-state index contributed by atoms with van der Waals surface area (Å²) in [5.74, 6) is 1.64. The van der Waals surface area contributed by atoms with E-state index >= 15 is 0 Å². The van der Waals surface area contributed by atoms with Gasteiger partial charge < -0.3 is 19.7 Å². The van der Waals surface area contributed by atoms with Crippen LogP contribution in [0.4, 0.5) is 0 Å². The van der Waals surface area contributed by atoms with Crippen LogP contribution in [0.2, 0.25) is 5.02 Å². The lowest BCUT2D eigenvalue weighted by Gasteiger charge is -2.24. The maximum absolute atomic E-state index is 12.4. The fraction of sp³-hybridized carbons (Fsp3) is 0.429. The van der Waals surface area contributed by atoms with Gasteiger partial charge >= 0.3 is 0 Å². The number of imidazole rings is 1. The molecule has 1 fully saturated rings. The van der Waals surface area contributed by atoms with E-state index in [0.29, 0.717) is 30.3 Å². The third kappa shape index (κ3) is 3.75. The molecule has 1 atom stereocenters. The van der Waals surface area contributed by atoms with Gasteiger partial charge in [0, 0.05) is 47.4 Å². The average molecular weight is 447 g/mol. The quantitative estimate of drug-likeness (QED) is 0.560. The highest BCUT2D eigenvalue weighted by Crippen LogP contribution is 2.36. The number of fused-ring (bicyclic) bond motifs is 2. The second-order valence-corrected chi connectivity index (χ2v) is 8.98. The van der Waals surface area contributed by atoms with Gasteiger partial charge in [-0.15, -0.1) is 11.3 Å². The number of nitrogens with zero attached hydrogens (tertiary/aromatic N) is 3. The molecule has 0 bridgehead atoms. The highest BCUT2D eigenvalue weighted by Gasteiger charge is 2.31. The Morgan fingerprint density at radius 1 is 1.33 bits per heavy atom. The van der Waals surface area contributed by atoms with Gasteiger partial charge in [0.25, 0.3) is 0 Å². The van der Waals surface area contributed by atoms with Crippen molar-refractivity contribution >= 4 is 33.8 Å². The number of rotatable bonds is 7. The Morgan fingerprint density at radius 3 is 3.00 bits per heavy atom. The second-order valence-electron chi connectivity index (χ2n) is 7.74. The number of carbonyl (C=O) groups excluding carboxylic acids is 1. The summed E-state index contributed by atoms with van der Waals surface area (Å²) in [4.78, 5) is 20.1. The summed E-state index contributed by atoms with van der Waals surface area (Å²) in [7, 11) is 0. The van der Waals surface area contributed by atoms with E-state index in [1.54, 1.807) is 17.4 Å². The molecule has 30 heavy (non-hydrogen) atoms. The van der Waals surface area contributed by atoms with E-state index in [9.17, 15) is 4.79 Å². The zero-order valence-electron chi connectivity index (χ0n) is 16.7. The van der Waals surface area contributed by atoms with Gasteiger partial charge in [-0.25, -0.2) is 4.98 Å².